The fourth-order valence-electron chi connectivity index (χ4n) is 3.70. The number of hydrogen-bond acceptors (Lipinski definition) is 9. The van der Waals surface area contributed by atoms with Crippen LogP contribution < -0.4 is 15.8 Å². The Labute approximate surface area is 230 Å². The topological polar surface area (TPSA) is 138 Å². The lowest BCUT2D eigenvalue weighted by Crippen LogP contribution is -2.18. The van der Waals surface area contributed by atoms with E-state index >= 15 is 0 Å². The molecule has 0 aliphatic heterocycles. The summed E-state index contributed by atoms with van der Waals surface area (Å²) in [5.41, 5.74) is 8.29. The summed E-state index contributed by atoms with van der Waals surface area (Å²) < 4.78 is 13.3. The zero-order chi connectivity index (χ0) is 28.1. The number of carbonyl (C=O) groups is 3. The number of anilines is 1. The molecular weight excluding hydrogens is 526 g/mol. The summed E-state index contributed by atoms with van der Waals surface area (Å²) in [6.07, 6.45) is -0.725. The molecule has 0 bridgehead atoms. The highest BCUT2D eigenvalue weighted by Crippen LogP contribution is 2.34. The van der Waals surface area contributed by atoms with Crippen molar-refractivity contribution in [2.45, 2.75) is 72.4 Å². The Morgan fingerprint density at radius 2 is 1.84 bits per heavy atom. The van der Waals surface area contributed by atoms with Gasteiger partial charge in [0, 0.05) is 6.54 Å². The molecule has 10 nitrogen and oxygen atoms in total. The van der Waals surface area contributed by atoms with Crippen molar-refractivity contribution in [3.8, 4) is 5.75 Å². The second kappa shape index (κ2) is 12.4. The molecule has 38 heavy (non-hydrogen) atoms. The van der Waals surface area contributed by atoms with Crippen LogP contribution in [0.5, 0.6) is 5.75 Å². The molecule has 1 atom stereocenters. The van der Waals surface area contributed by atoms with Crippen molar-refractivity contribution in [2.24, 2.45) is 5.73 Å². The molecule has 2 amide bonds. The van der Waals surface area contributed by atoms with Crippen LogP contribution in [0.1, 0.15) is 76.3 Å². The Hall–Kier alpha value is -3.38. The van der Waals surface area contributed by atoms with Crippen LogP contribution in [0.2, 0.25) is 0 Å². The number of thioether (sulfide) groups is 1. The number of primary amides is 1. The highest BCUT2D eigenvalue weighted by molar-refractivity contribution is 7.99. The van der Waals surface area contributed by atoms with Gasteiger partial charge in [-0.05, 0) is 77.3 Å². The number of benzene rings is 1. The van der Waals surface area contributed by atoms with Crippen LogP contribution in [0, 0.1) is 20.8 Å². The molecule has 3 rings (SSSR count). The number of esters is 1. The minimum absolute atomic E-state index is 0.00600. The zero-order valence-corrected chi connectivity index (χ0v) is 24.2. The SMILES string of the molecule is CCn1c(SCC(=O)Nc2sc(C(N)=O)c(C)c2C(=O)OC(C)C)nnc1C(C)Oc1ccc(C)c(C)c1. The minimum atomic E-state index is -0.679. The molecule has 1 aromatic carbocycles. The molecule has 12 heteroatoms. The van der Waals surface area contributed by atoms with E-state index in [9.17, 15) is 14.4 Å². The molecule has 0 aliphatic rings. The lowest BCUT2D eigenvalue weighted by atomic mass is 10.1. The molecule has 2 heterocycles. The van der Waals surface area contributed by atoms with Gasteiger partial charge in [-0.1, -0.05) is 17.8 Å². The van der Waals surface area contributed by atoms with Crippen LogP contribution in [0.4, 0.5) is 5.00 Å². The summed E-state index contributed by atoms with van der Waals surface area (Å²) in [6, 6.07) is 5.92. The Bertz CT molecular complexity index is 1350. The van der Waals surface area contributed by atoms with Gasteiger partial charge in [0.25, 0.3) is 5.91 Å². The maximum atomic E-state index is 12.8. The Balaban J connectivity index is 1.72. The van der Waals surface area contributed by atoms with Crippen molar-refractivity contribution >= 4 is 45.9 Å². The van der Waals surface area contributed by atoms with Gasteiger partial charge < -0.3 is 25.1 Å². The van der Waals surface area contributed by atoms with E-state index in [0.29, 0.717) is 23.1 Å². The highest BCUT2D eigenvalue weighted by atomic mass is 32.2. The van der Waals surface area contributed by atoms with Crippen molar-refractivity contribution in [3.63, 3.8) is 0 Å². The first-order valence-corrected chi connectivity index (χ1v) is 14.0. The van der Waals surface area contributed by atoms with E-state index in [1.54, 1.807) is 20.8 Å². The second-order valence-corrected chi connectivity index (χ2v) is 11.0. The van der Waals surface area contributed by atoms with Gasteiger partial charge in [0.15, 0.2) is 17.1 Å². The summed E-state index contributed by atoms with van der Waals surface area (Å²) in [6.45, 7) is 13.6. The van der Waals surface area contributed by atoms with Gasteiger partial charge in [-0.25, -0.2) is 4.79 Å². The maximum Gasteiger partial charge on any atom is 0.341 e. The number of rotatable bonds is 11. The standard InChI is InChI=1S/C26H33N5O5S2/c1-8-31-23(17(7)36-18-10-9-14(4)15(5)11-18)29-30-26(31)37-12-19(32)28-24-20(25(34)35-13(2)3)16(6)21(38-24)22(27)33/h9-11,13,17H,8,12H2,1-7H3,(H2,27,33)(H,28,32). The van der Waals surface area contributed by atoms with Crippen molar-refractivity contribution in [3.05, 3.63) is 51.2 Å². The number of nitrogens with two attached hydrogens (primary N) is 1. The Morgan fingerprint density at radius 1 is 1.13 bits per heavy atom. The number of hydrogen-bond donors (Lipinski definition) is 2. The van der Waals surface area contributed by atoms with Crippen LogP contribution in [0.15, 0.2) is 23.4 Å². The number of ether oxygens (including phenoxy) is 2. The lowest BCUT2D eigenvalue weighted by Gasteiger charge is -2.16. The number of aromatic nitrogens is 3. The van der Waals surface area contributed by atoms with E-state index in [-0.39, 0.29) is 39.3 Å². The number of amides is 2. The van der Waals surface area contributed by atoms with Crippen molar-refractivity contribution < 1.29 is 23.9 Å². The maximum absolute atomic E-state index is 12.8. The molecule has 0 saturated heterocycles. The Morgan fingerprint density at radius 3 is 2.45 bits per heavy atom. The van der Waals surface area contributed by atoms with Crippen LogP contribution in [0.3, 0.4) is 0 Å². The predicted octanol–water partition coefficient (Wildman–Crippen LogP) is 4.82. The van der Waals surface area contributed by atoms with E-state index in [2.05, 4.69) is 15.5 Å². The summed E-state index contributed by atoms with van der Waals surface area (Å²) >= 11 is 2.16. The third-order valence-electron chi connectivity index (χ3n) is 5.72. The molecule has 0 fully saturated rings. The number of nitrogens with one attached hydrogen (secondary N) is 1. The fourth-order valence-corrected chi connectivity index (χ4v) is 5.57. The predicted molar refractivity (Wildman–Crippen MR) is 148 cm³/mol. The van der Waals surface area contributed by atoms with E-state index < -0.39 is 11.9 Å². The van der Waals surface area contributed by atoms with Gasteiger partial charge in [-0.15, -0.1) is 21.5 Å². The molecule has 204 valence electrons. The molecular formula is C26H33N5O5S2. The molecule has 0 spiro atoms. The average Bonchev–Trinajstić information content (AvgIpc) is 3.40. The van der Waals surface area contributed by atoms with Crippen molar-refractivity contribution in [2.75, 3.05) is 11.1 Å². The molecule has 3 aromatic rings. The Kier molecular flexibility index (Phi) is 9.55. The quantitative estimate of drug-likeness (QED) is 0.252. The molecule has 2 aromatic heterocycles. The van der Waals surface area contributed by atoms with Crippen LogP contribution >= 0.6 is 23.1 Å². The van der Waals surface area contributed by atoms with Crippen molar-refractivity contribution in [1.82, 2.24) is 14.8 Å². The average molecular weight is 560 g/mol. The first-order valence-electron chi connectivity index (χ1n) is 12.2. The van der Waals surface area contributed by atoms with Crippen LogP contribution in [0.25, 0.3) is 0 Å². The number of aryl methyl sites for hydroxylation is 2. The zero-order valence-electron chi connectivity index (χ0n) is 22.6. The monoisotopic (exact) mass is 559 g/mol. The van der Waals surface area contributed by atoms with E-state index in [1.807, 2.05) is 50.5 Å². The molecule has 0 aliphatic carbocycles. The van der Waals surface area contributed by atoms with Crippen LogP contribution in [-0.4, -0.2) is 44.4 Å². The minimum Gasteiger partial charge on any atom is -0.483 e. The van der Waals surface area contributed by atoms with Gasteiger partial charge in [0.1, 0.15) is 10.8 Å². The molecule has 3 N–H and O–H groups in total. The third-order valence-corrected chi connectivity index (χ3v) is 7.91. The number of carbonyl (C=O) groups excluding carboxylic acids is 3. The van der Waals surface area contributed by atoms with Crippen LogP contribution in [-0.2, 0) is 16.1 Å². The third kappa shape index (κ3) is 6.73. The second-order valence-electron chi connectivity index (χ2n) is 9.01. The van der Waals surface area contributed by atoms with E-state index in [1.165, 1.54) is 17.3 Å². The molecule has 0 saturated carbocycles. The van der Waals surface area contributed by atoms with Gasteiger partial charge in [-0.2, -0.15) is 0 Å². The van der Waals surface area contributed by atoms with E-state index in [0.717, 1.165) is 22.6 Å². The lowest BCUT2D eigenvalue weighted by molar-refractivity contribution is -0.113. The largest absolute Gasteiger partial charge is 0.483 e. The summed E-state index contributed by atoms with van der Waals surface area (Å²) in [7, 11) is 0. The first-order chi connectivity index (χ1) is 17.9. The van der Waals surface area contributed by atoms with Crippen molar-refractivity contribution in [1.29, 1.82) is 0 Å². The van der Waals surface area contributed by atoms with Gasteiger partial charge in [0.05, 0.1) is 22.3 Å². The number of nitrogens with zero attached hydrogens (tertiary/aromatic N) is 3. The molecule has 0 radical (unpaired) electrons. The summed E-state index contributed by atoms with van der Waals surface area (Å²) in [4.78, 5) is 37.5. The number of thiophene rings is 1. The summed E-state index contributed by atoms with van der Waals surface area (Å²) in [5.74, 6) is -0.288. The highest BCUT2D eigenvalue weighted by Gasteiger charge is 2.27. The smallest absolute Gasteiger partial charge is 0.341 e. The van der Waals surface area contributed by atoms with E-state index in [4.69, 9.17) is 15.2 Å². The normalized spacial score (nSPS) is 11.9. The summed E-state index contributed by atoms with van der Waals surface area (Å²) in [5, 5.41) is 12.1. The van der Waals surface area contributed by atoms with Gasteiger partial charge in [-0.3, -0.25) is 9.59 Å². The fraction of sp³-hybridized carbons (Fsp3) is 0.423. The van der Waals surface area contributed by atoms with Gasteiger partial charge in [0.2, 0.25) is 5.91 Å². The van der Waals surface area contributed by atoms with Gasteiger partial charge >= 0.3 is 5.97 Å². The first kappa shape index (κ1) is 29.2. The molecule has 1 unspecified atom stereocenters.